The lowest BCUT2D eigenvalue weighted by Gasteiger charge is -2.49. The molecule has 1 unspecified atom stereocenters. The van der Waals surface area contributed by atoms with E-state index in [0.717, 1.165) is 51.4 Å². The Morgan fingerprint density at radius 1 is 1.23 bits per heavy atom. The van der Waals surface area contributed by atoms with Crippen molar-refractivity contribution in [3.05, 3.63) is 0 Å². The van der Waals surface area contributed by atoms with Gasteiger partial charge < -0.3 is 9.47 Å². The van der Waals surface area contributed by atoms with E-state index >= 15 is 0 Å². The molecule has 1 aliphatic carbocycles. The third-order valence-electron chi connectivity index (χ3n) is 6.02. The van der Waals surface area contributed by atoms with Crippen molar-refractivity contribution in [3.63, 3.8) is 0 Å². The van der Waals surface area contributed by atoms with Crippen molar-refractivity contribution >= 4 is 11.8 Å². The van der Waals surface area contributed by atoms with Crippen LogP contribution in [0.25, 0.3) is 0 Å². The van der Waals surface area contributed by atoms with Gasteiger partial charge in [-0.2, -0.15) is 0 Å². The Labute approximate surface area is 132 Å². The summed E-state index contributed by atoms with van der Waals surface area (Å²) in [7, 11) is 0. The van der Waals surface area contributed by atoms with E-state index in [0.29, 0.717) is 13.0 Å². The molecule has 2 heterocycles. The number of hydrogen-bond donors (Lipinski definition) is 0. The van der Waals surface area contributed by atoms with Gasteiger partial charge in [0.15, 0.2) is 11.2 Å². The predicted octanol–water partition coefficient (Wildman–Crippen LogP) is 3.42. The first kappa shape index (κ1) is 16.0. The second-order valence-corrected chi connectivity index (χ2v) is 7.17. The maximum atomic E-state index is 13.4. The molecule has 0 aromatic heterocycles. The normalized spacial score (nSPS) is 40.9. The summed E-state index contributed by atoms with van der Waals surface area (Å²) in [6, 6.07) is 0. The van der Waals surface area contributed by atoms with E-state index in [9.17, 15) is 9.59 Å². The molecule has 4 heteroatoms. The molecule has 22 heavy (non-hydrogen) atoms. The smallest absolute Gasteiger partial charge is 0.322 e. The average Bonchev–Trinajstić information content (AvgIpc) is 2.86. The molecule has 0 N–H and O–H groups in total. The van der Waals surface area contributed by atoms with Crippen LogP contribution < -0.4 is 0 Å². The van der Waals surface area contributed by atoms with Crippen LogP contribution in [0.3, 0.4) is 0 Å². The summed E-state index contributed by atoms with van der Waals surface area (Å²) in [5.74, 6) is -0.312. The number of Topliss-reactive ketones (excluding diaryl/α,β-unsaturated/α-hetero) is 1. The lowest BCUT2D eigenvalue weighted by Crippen LogP contribution is -2.61. The monoisotopic (exact) mass is 308 g/mol. The maximum Gasteiger partial charge on any atom is 0.322 e. The Kier molecular flexibility index (Phi) is 4.32. The van der Waals surface area contributed by atoms with E-state index < -0.39 is 5.41 Å². The first-order valence-electron chi connectivity index (χ1n) is 9.00. The summed E-state index contributed by atoms with van der Waals surface area (Å²) < 4.78 is 11.8. The van der Waals surface area contributed by atoms with Crippen LogP contribution >= 0.6 is 0 Å². The molecule has 124 valence electrons. The zero-order valence-electron chi connectivity index (χ0n) is 13.9. The second kappa shape index (κ2) is 5.95. The van der Waals surface area contributed by atoms with Gasteiger partial charge in [0.25, 0.3) is 0 Å². The molecule has 0 aromatic carbocycles. The Bertz CT molecular complexity index is 460. The molecular formula is C18H28O4. The van der Waals surface area contributed by atoms with Gasteiger partial charge in [-0.1, -0.05) is 32.6 Å². The highest BCUT2D eigenvalue weighted by Crippen LogP contribution is 2.57. The Balaban J connectivity index is 2.02. The minimum absolute atomic E-state index is 0.115. The van der Waals surface area contributed by atoms with Crippen molar-refractivity contribution in [3.8, 4) is 0 Å². The fraction of sp³-hybridized carbons (Fsp3) is 0.889. The molecule has 0 radical (unpaired) electrons. The van der Waals surface area contributed by atoms with E-state index in [1.54, 1.807) is 6.92 Å². The number of ether oxygens (including phenoxy) is 2. The fourth-order valence-electron chi connectivity index (χ4n) is 5.07. The summed E-state index contributed by atoms with van der Waals surface area (Å²) in [6.45, 7) is 4.27. The van der Waals surface area contributed by atoms with Crippen LogP contribution in [0.15, 0.2) is 0 Å². The van der Waals surface area contributed by atoms with Crippen LogP contribution in [-0.2, 0) is 19.1 Å². The van der Waals surface area contributed by atoms with Gasteiger partial charge in [0.05, 0.1) is 18.3 Å². The second-order valence-electron chi connectivity index (χ2n) is 7.17. The number of ketones is 1. The van der Waals surface area contributed by atoms with Crippen molar-refractivity contribution in [1.29, 1.82) is 0 Å². The minimum atomic E-state index is -1.02. The van der Waals surface area contributed by atoms with Crippen LogP contribution in [0.1, 0.15) is 71.6 Å². The molecule has 3 rings (SSSR count). The molecule has 4 atom stereocenters. The third-order valence-corrected chi connectivity index (χ3v) is 6.02. The summed E-state index contributed by atoms with van der Waals surface area (Å²) in [5.41, 5.74) is -1.32. The van der Waals surface area contributed by atoms with E-state index in [4.69, 9.17) is 9.47 Å². The first-order valence-corrected chi connectivity index (χ1v) is 9.00. The Morgan fingerprint density at radius 3 is 2.77 bits per heavy atom. The highest BCUT2D eigenvalue weighted by Gasteiger charge is 2.67. The molecule has 3 fully saturated rings. The summed E-state index contributed by atoms with van der Waals surface area (Å²) in [6.07, 6.45) is 7.97. The molecule has 3 aliphatic rings. The lowest BCUT2D eigenvalue weighted by molar-refractivity contribution is -0.204. The number of carbonyl (C=O) groups is 2. The van der Waals surface area contributed by atoms with Gasteiger partial charge in [0.1, 0.15) is 0 Å². The average molecular weight is 308 g/mol. The predicted molar refractivity (Wildman–Crippen MR) is 82.4 cm³/mol. The number of carbonyl (C=O) groups excluding carboxylic acids is 2. The van der Waals surface area contributed by atoms with Crippen molar-refractivity contribution < 1.29 is 19.1 Å². The fourth-order valence-corrected chi connectivity index (χ4v) is 5.07. The largest absolute Gasteiger partial charge is 0.465 e. The van der Waals surface area contributed by atoms with E-state index in [1.165, 1.54) is 0 Å². The van der Waals surface area contributed by atoms with Gasteiger partial charge >= 0.3 is 5.97 Å². The quantitative estimate of drug-likeness (QED) is 0.590. The number of rotatable bonds is 4. The van der Waals surface area contributed by atoms with Crippen molar-refractivity contribution in [2.45, 2.75) is 83.3 Å². The molecule has 4 nitrogen and oxygen atoms in total. The van der Waals surface area contributed by atoms with Crippen molar-refractivity contribution in [2.75, 3.05) is 6.61 Å². The highest BCUT2D eigenvalue weighted by atomic mass is 16.5. The number of esters is 1. The summed E-state index contributed by atoms with van der Waals surface area (Å²) >= 11 is 0. The summed E-state index contributed by atoms with van der Waals surface area (Å²) in [4.78, 5) is 26.1. The van der Waals surface area contributed by atoms with Crippen molar-refractivity contribution in [2.24, 2.45) is 11.3 Å². The van der Waals surface area contributed by atoms with Gasteiger partial charge in [0.2, 0.25) is 0 Å². The van der Waals surface area contributed by atoms with Gasteiger partial charge in [-0.25, -0.2) is 0 Å². The number of fused-ring (bicyclic) bond motifs is 6. The van der Waals surface area contributed by atoms with Gasteiger partial charge in [-0.15, -0.1) is 0 Å². The molecule has 2 aliphatic heterocycles. The lowest BCUT2D eigenvalue weighted by atomic mass is 9.63. The first-order chi connectivity index (χ1) is 10.6. The SMILES string of the molecule is CCC[C@]12CCC(O1)[C@]1(C(=O)OCC)CCCCC[C@H]2C1=O. The zero-order chi connectivity index (χ0) is 15.8. The van der Waals surface area contributed by atoms with Crippen molar-refractivity contribution in [1.82, 2.24) is 0 Å². The zero-order valence-corrected chi connectivity index (χ0v) is 13.9. The number of hydrogen-bond acceptors (Lipinski definition) is 4. The van der Waals surface area contributed by atoms with Crippen LogP contribution in [0, 0.1) is 11.3 Å². The maximum absolute atomic E-state index is 13.4. The molecule has 0 spiro atoms. The molecule has 0 aromatic rings. The van der Waals surface area contributed by atoms with Crippen LogP contribution in [0.2, 0.25) is 0 Å². The molecular weight excluding hydrogens is 280 g/mol. The summed E-state index contributed by atoms with van der Waals surface area (Å²) in [5, 5.41) is 0. The highest BCUT2D eigenvalue weighted by molar-refractivity contribution is 6.07. The molecule has 1 saturated carbocycles. The van der Waals surface area contributed by atoms with E-state index in [1.807, 2.05) is 0 Å². The minimum Gasteiger partial charge on any atom is -0.465 e. The van der Waals surface area contributed by atoms with E-state index in [2.05, 4.69) is 6.92 Å². The standard InChI is InChI=1S/C18H28O4/c1-3-10-17-12-9-14(22-17)18(16(20)21-4-2)11-7-5-6-8-13(17)15(18)19/h13-14H,3-12H2,1-2H3/t13-,14?,17+,18+/m0/s1. The van der Waals surface area contributed by atoms with E-state index in [-0.39, 0.29) is 29.4 Å². The van der Waals surface area contributed by atoms with Crippen LogP contribution in [-0.4, -0.2) is 30.1 Å². The van der Waals surface area contributed by atoms with Gasteiger partial charge in [-0.3, -0.25) is 9.59 Å². The molecule has 2 saturated heterocycles. The topological polar surface area (TPSA) is 52.6 Å². The Morgan fingerprint density at radius 2 is 2.05 bits per heavy atom. The van der Waals surface area contributed by atoms with Crippen LogP contribution in [0.4, 0.5) is 0 Å². The molecule has 0 amide bonds. The van der Waals surface area contributed by atoms with Crippen LogP contribution in [0.5, 0.6) is 0 Å². The third kappa shape index (κ3) is 2.14. The Hall–Kier alpha value is -0.900. The van der Waals surface area contributed by atoms with Gasteiger partial charge in [-0.05, 0) is 39.0 Å². The molecule has 4 bridgehead atoms. The van der Waals surface area contributed by atoms with Gasteiger partial charge in [0, 0.05) is 5.92 Å².